The third kappa shape index (κ3) is 4.38. The van der Waals surface area contributed by atoms with E-state index in [0.717, 1.165) is 11.4 Å². The third-order valence-corrected chi connectivity index (χ3v) is 3.27. The summed E-state index contributed by atoms with van der Waals surface area (Å²) >= 11 is 0. The van der Waals surface area contributed by atoms with E-state index in [-0.39, 0.29) is 12.3 Å². The fourth-order valence-corrected chi connectivity index (χ4v) is 1.96. The quantitative estimate of drug-likeness (QED) is 0.724. The molecule has 1 aromatic rings. The summed E-state index contributed by atoms with van der Waals surface area (Å²) in [5, 5.41) is 0. The molecule has 0 aliphatic carbocycles. The van der Waals surface area contributed by atoms with Crippen LogP contribution < -0.4 is 15.4 Å². The molecular weight excluding hydrogens is 244 g/mol. The van der Waals surface area contributed by atoms with Crippen molar-refractivity contribution in [1.29, 1.82) is 0 Å². The number of nitrogens with two attached hydrogens (primary N) is 1. The van der Waals surface area contributed by atoms with E-state index in [0.29, 0.717) is 13.0 Å². The molecule has 19 heavy (non-hydrogen) atoms. The van der Waals surface area contributed by atoms with Crippen molar-refractivity contribution < 1.29 is 14.2 Å². The summed E-state index contributed by atoms with van der Waals surface area (Å²) in [6.45, 7) is 0.525. The lowest BCUT2D eigenvalue weighted by molar-refractivity contribution is -0.108. The maximum Gasteiger partial charge on any atom is 0.158 e. The molecule has 1 rings (SSSR count). The Bertz CT molecular complexity index is 369. The average molecular weight is 268 g/mol. The zero-order valence-corrected chi connectivity index (χ0v) is 12.1. The van der Waals surface area contributed by atoms with Gasteiger partial charge in [0.25, 0.3) is 0 Å². The number of likely N-dealkylation sites (N-methyl/N-ethyl adjacent to an activating group) is 1. The molecular formula is C14H24N2O3. The number of methoxy groups -OCH3 is 3. The van der Waals surface area contributed by atoms with Crippen molar-refractivity contribution in [3.05, 3.63) is 24.3 Å². The summed E-state index contributed by atoms with van der Waals surface area (Å²) in [5.74, 6) is 0.829. The molecule has 5 heteroatoms. The van der Waals surface area contributed by atoms with Crippen molar-refractivity contribution in [2.24, 2.45) is 5.73 Å². The van der Waals surface area contributed by atoms with Crippen molar-refractivity contribution in [2.45, 2.75) is 18.8 Å². The molecule has 0 bridgehead atoms. The Morgan fingerprint density at radius 1 is 1.21 bits per heavy atom. The Kier molecular flexibility index (Phi) is 6.62. The third-order valence-electron chi connectivity index (χ3n) is 3.27. The first-order chi connectivity index (χ1) is 9.15. The van der Waals surface area contributed by atoms with Gasteiger partial charge in [0.05, 0.1) is 7.11 Å². The highest BCUT2D eigenvalue weighted by Crippen LogP contribution is 2.22. The summed E-state index contributed by atoms with van der Waals surface area (Å²) in [6, 6.07) is 8.03. The van der Waals surface area contributed by atoms with Crippen LogP contribution in [-0.2, 0) is 9.47 Å². The Balaban J connectivity index is 2.79. The first-order valence-electron chi connectivity index (χ1n) is 6.28. The summed E-state index contributed by atoms with van der Waals surface area (Å²) in [4.78, 5) is 2.12. The molecule has 0 saturated heterocycles. The van der Waals surface area contributed by atoms with E-state index in [1.807, 2.05) is 31.3 Å². The lowest BCUT2D eigenvalue weighted by Crippen LogP contribution is -2.41. The van der Waals surface area contributed by atoms with E-state index < -0.39 is 0 Å². The highest BCUT2D eigenvalue weighted by molar-refractivity contribution is 5.51. The fraction of sp³-hybridized carbons (Fsp3) is 0.571. The van der Waals surface area contributed by atoms with Crippen molar-refractivity contribution in [1.82, 2.24) is 0 Å². The number of ether oxygens (including phenoxy) is 3. The number of nitrogens with zero attached hydrogens (tertiary/aromatic N) is 1. The summed E-state index contributed by atoms with van der Waals surface area (Å²) < 4.78 is 15.7. The van der Waals surface area contributed by atoms with Gasteiger partial charge in [-0.05, 0) is 12.1 Å². The number of benzene rings is 1. The average Bonchev–Trinajstić information content (AvgIpc) is 2.48. The zero-order valence-electron chi connectivity index (χ0n) is 12.1. The minimum absolute atomic E-state index is 0.136. The van der Waals surface area contributed by atoms with Gasteiger partial charge in [-0.25, -0.2) is 0 Å². The van der Waals surface area contributed by atoms with Gasteiger partial charge >= 0.3 is 0 Å². The lowest BCUT2D eigenvalue weighted by Gasteiger charge is -2.31. The Morgan fingerprint density at radius 2 is 1.89 bits per heavy atom. The molecule has 2 N–H and O–H groups in total. The van der Waals surface area contributed by atoms with Crippen LogP contribution in [-0.4, -0.2) is 47.3 Å². The topological polar surface area (TPSA) is 57.0 Å². The summed E-state index contributed by atoms with van der Waals surface area (Å²) in [5.41, 5.74) is 6.91. The first kappa shape index (κ1) is 15.8. The van der Waals surface area contributed by atoms with Gasteiger partial charge in [-0.1, -0.05) is 6.07 Å². The Morgan fingerprint density at radius 3 is 2.42 bits per heavy atom. The predicted octanol–water partition coefficient (Wildman–Crippen LogP) is 1.47. The van der Waals surface area contributed by atoms with Crippen LogP contribution in [0, 0.1) is 0 Å². The molecule has 0 fully saturated rings. The number of anilines is 1. The molecule has 108 valence electrons. The monoisotopic (exact) mass is 268 g/mol. The van der Waals surface area contributed by atoms with Crippen LogP contribution in [0.3, 0.4) is 0 Å². The van der Waals surface area contributed by atoms with Crippen molar-refractivity contribution in [3.63, 3.8) is 0 Å². The van der Waals surface area contributed by atoms with Gasteiger partial charge in [-0.15, -0.1) is 0 Å². The van der Waals surface area contributed by atoms with Gasteiger partial charge in [0.1, 0.15) is 5.75 Å². The summed E-state index contributed by atoms with van der Waals surface area (Å²) in [7, 11) is 6.93. The van der Waals surface area contributed by atoms with Crippen molar-refractivity contribution >= 4 is 5.69 Å². The maximum absolute atomic E-state index is 5.86. The van der Waals surface area contributed by atoms with Gasteiger partial charge < -0.3 is 24.8 Å². The maximum atomic E-state index is 5.86. The zero-order chi connectivity index (χ0) is 14.3. The molecule has 0 aliphatic rings. The van der Waals surface area contributed by atoms with Crippen LogP contribution in [0.15, 0.2) is 24.3 Å². The molecule has 0 aliphatic heterocycles. The lowest BCUT2D eigenvalue weighted by atomic mass is 10.1. The minimum Gasteiger partial charge on any atom is -0.497 e. The van der Waals surface area contributed by atoms with Crippen LogP contribution in [0.5, 0.6) is 5.75 Å². The van der Waals surface area contributed by atoms with E-state index >= 15 is 0 Å². The van der Waals surface area contributed by atoms with Crippen LogP contribution in [0.2, 0.25) is 0 Å². The van der Waals surface area contributed by atoms with Crippen molar-refractivity contribution in [3.8, 4) is 5.75 Å². The van der Waals surface area contributed by atoms with Crippen LogP contribution in [0.1, 0.15) is 6.42 Å². The molecule has 0 radical (unpaired) electrons. The second-order valence-electron chi connectivity index (χ2n) is 4.34. The van der Waals surface area contributed by atoms with E-state index in [1.165, 1.54) is 0 Å². The van der Waals surface area contributed by atoms with Gasteiger partial charge in [-0.2, -0.15) is 0 Å². The summed E-state index contributed by atoms with van der Waals surface area (Å²) in [6.07, 6.45) is 0.457. The van der Waals surface area contributed by atoms with Crippen LogP contribution >= 0.6 is 0 Å². The first-order valence-corrected chi connectivity index (χ1v) is 6.28. The molecule has 0 heterocycles. The van der Waals surface area contributed by atoms with Gasteiger partial charge in [0, 0.05) is 52.0 Å². The minimum atomic E-state index is -0.249. The SMILES string of the molecule is COc1cccc(N(C)C(CN)CC(OC)OC)c1. The normalized spacial score (nSPS) is 12.5. The Labute approximate surface area is 115 Å². The molecule has 1 aromatic carbocycles. The molecule has 0 amide bonds. The van der Waals surface area contributed by atoms with E-state index in [9.17, 15) is 0 Å². The highest BCUT2D eigenvalue weighted by Gasteiger charge is 2.19. The van der Waals surface area contributed by atoms with E-state index in [1.54, 1.807) is 21.3 Å². The largest absolute Gasteiger partial charge is 0.497 e. The fourth-order valence-electron chi connectivity index (χ4n) is 1.96. The Hall–Kier alpha value is -1.30. The number of rotatable bonds is 8. The molecule has 0 spiro atoms. The van der Waals surface area contributed by atoms with E-state index in [2.05, 4.69) is 4.90 Å². The molecule has 5 nitrogen and oxygen atoms in total. The smallest absolute Gasteiger partial charge is 0.158 e. The molecule has 0 saturated carbocycles. The predicted molar refractivity (Wildman–Crippen MR) is 76.7 cm³/mol. The molecule has 0 aromatic heterocycles. The van der Waals surface area contributed by atoms with Crippen LogP contribution in [0.25, 0.3) is 0 Å². The van der Waals surface area contributed by atoms with Crippen LogP contribution in [0.4, 0.5) is 5.69 Å². The number of hydrogen-bond acceptors (Lipinski definition) is 5. The van der Waals surface area contributed by atoms with Gasteiger partial charge in [0.15, 0.2) is 6.29 Å². The molecule has 1 unspecified atom stereocenters. The second kappa shape index (κ2) is 7.99. The highest BCUT2D eigenvalue weighted by atomic mass is 16.7. The molecule has 1 atom stereocenters. The standard InChI is InChI=1S/C14H24N2O3/c1-16(11-6-5-7-13(8-11)17-2)12(10-15)9-14(18-3)19-4/h5-8,12,14H,9-10,15H2,1-4H3. The van der Waals surface area contributed by atoms with Gasteiger partial charge in [-0.3, -0.25) is 0 Å². The number of hydrogen-bond donors (Lipinski definition) is 1. The second-order valence-corrected chi connectivity index (χ2v) is 4.34. The van der Waals surface area contributed by atoms with Crippen molar-refractivity contribution in [2.75, 3.05) is 39.8 Å². The van der Waals surface area contributed by atoms with Gasteiger partial charge in [0.2, 0.25) is 0 Å². The van der Waals surface area contributed by atoms with E-state index in [4.69, 9.17) is 19.9 Å².